The third kappa shape index (κ3) is 6.21. The van der Waals surface area contributed by atoms with Gasteiger partial charge in [0, 0.05) is 35.8 Å². The average molecular weight is 748 g/mol. The molecule has 0 aliphatic heterocycles. The summed E-state index contributed by atoms with van der Waals surface area (Å²) in [5.41, 5.74) is 1.78. The van der Waals surface area contributed by atoms with Crippen molar-refractivity contribution >= 4 is 83.2 Å². The van der Waals surface area contributed by atoms with Crippen molar-refractivity contribution in [2.45, 2.75) is 9.79 Å². The Bertz CT molecular complexity index is 2780. The van der Waals surface area contributed by atoms with Crippen LogP contribution in [0.15, 0.2) is 93.4 Å². The van der Waals surface area contributed by atoms with Crippen LogP contribution in [0.25, 0.3) is 22.0 Å². The number of ketones is 1. The Kier molecular flexibility index (Phi) is 7.99. The van der Waals surface area contributed by atoms with Gasteiger partial charge >= 0.3 is 0 Å². The quantitative estimate of drug-likeness (QED) is 0.0883. The molecule has 7 rings (SSSR count). The topological polar surface area (TPSA) is 243 Å². The summed E-state index contributed by atoms with van der Waals surface area (Å²) in [6.45, 7) is 0. The SMILES string of the molecule is Cn1c(=O)cc2c3c(c(Nc4cc(Nc5nc(Cl)nc(Nc6ccc(O)cc6S(=O)(=O)O)n5)ccc4S(=O)(=O)O)ccc31)C(=O)c1ccccc1-2. The first-order valence-electron chi connectivity index (χ1n) is 14.5. The zero-order chi connectivity index (χ0) is 36.4. The molecule has 19 heteroatoms. The number of fused-ring (bicyclic) bond motifs is 2. The average Bonchev–Trinajstić information content (AvgIpc) is 3.05. The molecule has 6 aromatic rings. The molecular weight excluding hydrogens is 726 g/mol. The molecule has 0 unspecified atom stereocenters. The van der Waals surface area contributed by atoms with Crippen molar-refractivity contribution in [2.75, 3.05) is 16.0 Å². The summed E-state index contributed by atoms with van der Waals surface area (Å²) >= 11 is 6.10. The van der Waals surface area contributed by atoms with Crippen molar-refractivity contribution in [1.29, 1.82) is 0 Å². The predicted molar refractivity (Wildman–Crippen MR) is 187 cm³/mol. The van der Waals surface area contributed by atoms with E-state index in [4.69, 9.17) is 11.6 Å². The van der Waals surface area contributed by atoms with E-state index in [2.05, 4.69) is 30.9 Å². The number of phenolic OH excluding ortho intramolecular Hbond substituents is 1. The fraction of sp³-hybridized carbons (Fsp3) is 0.0312. The molecule has 1 aliphatic carbocycles. The molecular formula is C32H22ClN7O9S2. The number of benzene rings is 4. The van der Waals surface area contributed by atoms with Gasteiger partial charge in [-0.25, -0.2) is 0 Å². The number of rotatable bonds is 8. The molecule has 258 valence electrons. The van der Waals surface area contributed by atoms with Crippen molar-refractivity contribution < 1.29 is 35.8 Å². The number of carbonyl (C=O) groups is 1. The highest BCUT2D eigenvalue weighted by Crippen LogP contribution is 2.42. The van der Waals surface area contributed by atoms with E-state index in [1.165, 1.54) is 28.8 Å². The summed E-state index contributed by atoms with van der Waals surface area (Å²) in [7, 11) is -8.04. The molecule has 0 fully saturated rings. The molecule has 0 saturated heterocycles. The monoisotopic (exact) mass is 747 g/mol. The number of hydrogen-bond donors (Lipinski definition) is 6. The van der Waals surface area contributed by atoms with Gasteiger partial charge in [-0.15, -0.1) is 0 Å². The number of nitrogens with one attached hydrogen (secondary N) is 3. The third-order valence-corrected chi connectivity index (χ3v) is 9.96. The van der Waals surface area contributed by atoms with E-state index in [9.17, 15) is 40.6 Å². The minimum atomic E-state index is -4.82. The molecule has 0 spiro atoms. The van der Waals surface area contributed by atoms with Crippen LogP contribution in [0.1, 0.15) is 15.9 Å². The number of aromatic nitrogens is 4. The number of phenols is 1. The van der Waals surface area contributed by atoms with E-state index in [1.54, 1.807) is 37.4 Å². The van der Waals surface area contributed by atoms with Gasteiger partial charge in [0.15, 0.2) is 5.78 Å². The van der Waals surface area contributed by atoms with E-state index in [1.807, 2.05) is 0 Å². The molecule has 0 atom stereocenters. The highest BCUT2D eigenvalue weighted by molar-refractivity contribution is 7.86. The number of aryl methyl sites for hydroxylation is 1. The minimum absolute atomic E-state index is 0.156. The van der Waals surface area contributed by atoms with Crippen LogP contribution in [0.5, 0.6) is 5.75 Å². The van der Waals surface area contributed by atoms with Crippen LogP contribution in [0, 0.1) is 0 Å². The third-order valence-electron chi connectivity index (χ3n) is 7.98. The molecule has 0 radical (unpaired) electrons. The number of anilines is 6. The van der Waals surface area contributed by atoms with E-state index in [0.717, 1.165) is 24.3 Å². The lowest BCUT2D eigenvalue weighted by atomic mass is 9.83. The van der Waals surface area contributed by atoms with E-state index in [-0.39, 0.29) is 56.8 Å². The van der Waals surface area contributed by atoms with Gasteiger partial charge in [-0.1, -0.05) is 24.3 Å². The van der Waals surface area contributed by atoms with Crippen molar-refractivity contribution in [3.05, 3.63) is 106 Å². The van der Waals surface area contributed by atoms with Crippen LogP contribution < -0.4 is 21.5 Å². The summed E-state index contributed by atoms with van der Waals surface area (Å²) < 4.78 is 69.8. The first-order chi connectivity index (χ1) is 24.1. The second kappa shape index (κ2) is 12.1. The van der Waals surface area contributed by atoms with E-state index in [0.29, 0.717) is 27.6 Å². The fourth-order valence-corrected chi connectivity index (χ4v) is 7.23. The van der Waals surface area contributed by atoms with E-state index >= 15 is 0 Å². The molecule has 4 aromatic carbocycles. The molecule has 51 heavy (non-hydrogen) atoms. The Labute approximate surface area is 292 Å². The maximum absolute atomic E-state index is 14.0. The second-order valence-electron chi connectivity index (χ2n) is 11.2. The van der Waals surface area contributed by atoms with Crippen LogP contribution in [0.3, 0.4) is 0 Å². The van der Waals surface area contributed by atoms with Crippen LogP contribution >= 0.6 is 11.6 Å². The summed E-state index contributed by atoms with van der Waals surface area (Å²) in [5, 5.41) is 18.2. The minimum Gasteiger partial charge on any atom is -0.508 e. The smallest absolute Gasteiger partial charge is 0.296 e. The van der Waals surface area contributed by atoms with Gasteiger partial charge in [-0.05, 0) is 65.2 Å². The molecule has 16 nitrogen and oxygen atoms in total. The highest BCUT2D eigenvalue weighted by Gasteiger charge is 2.30. The van der Waals surface area contributed by atoms with Crippen LogP contribution in [0.2, 0.25) is 5.28 Å². The second-order valence-corrected chi connectivity index (χ2v) is 14.3. The van der Waals surface area contributed by atoms with Gasteiger partial charge < -0.3 is 25.6 Å². The Morgan fingerprint density at radius 3 is 2.06 bits per heavy atom. The zero-order valence-corrected chi connectivity index (χ0v) is 28.2. The van der Waals surface area contributed by atoms with Crippen molar-refractivity contribution in [3.63, 3.8) is 0 Å². The highest BCUT2D eigenvalue weighted by atomic mass is 35.5. The van der Waals surface area contributed by atoms with Crippen molar-refractivity contribution in [3.8, 4) is 16.9 Å². The molecule has 0 amide bonds. The normalized spacial score (nSPS) is 12.4. The number of aromatic hydroxyl groups is 1. The molecule has 2 aromatic heterocycles. The lowest BCUT2D eigenvalue weighted by Gasteiger charge is -2.24. The Morgan fingerprint density at radius 1 is 0.686 bits per heavy atom. The number of pyridine rings is 1. The van der Waals surface area contributed by atoms with Gasteiger partial charge in [0.05, 0.1) is 28.1 Å². The lowest BCUT2D eigenvalue weighted by Crippen LogP contribution is -2.21. The van der Waals surface area contributed by atoms with Crippen LogP contribution in [-0.2, 0) is 27.3 Å². The summed E-state index contributed by atoms with van der Waals surface area (Å²) in [6, 6.07) is 18.2. The number of carbonyl (C=O) groups excluding carboxylic acids is 1. The molecule has 0 bridgehead atoms. The first kappa shape index (κ1) is 33.6. The molecule has 0 saturated carbocycles. The standard InChI is InChI=1S/C32H22ClN7O9S2/c1-40-23-10-9-21(28-27(23)19(14-26(40)42)17-4-2-3-5-18(17)29(28)43)35-22-12-15(6-11-24(22)50(44,45)46)34-31-37-30(33)38-32(39-31)36-20-8-7-16(41)13-25(20)51(47,48)49/h2-14,35,41H,1H3,(H,44,45,46)(H,47,48,49)(H2,34,36,37,38,39). The molecule has 2 heterocycles. The van der Waals surface area contributed by atoms with Crippen molar-refractivity contribution in [2.24, 2.45) is 7.05 Å². The maximum atomic E-state index is 14.0. The Morgan fingerprint density at radius 2 is 1.35 bits per heavy atom. The largest absolute Gasteiger partial charge is 0.508 e. The molecule has 6 N–H and O–H groups in total. The van der Waals surface area contributed by atoms with Gasteiger partial charge in [-0.2, -0.15) is 31.8 Å². The fourth-order valence-electron chi connectivity index (χ4n) is 5.77. The lowest BCUT2D eigenvalue weighted by molar-refractivity contribution is 0.104. The van der Waals surface area contributed by atoms with Crippen LogP contribution in [0.4, 0.5) is 34.6 Å². The predicted octanol–water partition coefficient (Wildman–Crippen LogP) is 5.02. The number of nitrogens with zero attached hydrogens (tertiary/aromatic N) is 4. The molecule has 1 aliphatic rings. The van der Waals surface area contributed by atoms with Crippen molar-refractivity contribution in [1.82, 2.24) is 19.5 Å². The van der Waals surface area contributed by atoms with Gasteiger partial charge in [0.1, 0.15) is 15.5 Å². The van der Waals surface area contributed by atoms with Gasteiger partial charge in [0.25, 0.3) is 25.8 Å². The zero-order valence-electron chi connectivity index (χ0n) is 25.8. The first-order valence-corrected chi connectivity index (χ1v) is 17.8. The Balaban J connectivity index is 1.29. The van der Waals surface area contributed by atoms with Crippen LogP contribution in [-0.4, -0.2) is 56.3 Å². The maximum Gasteiger partial charge on any atom is 0.296 e. The number of halogens is 1. The summed E-state index contributed by atoms with van der Waals surface area (Å²) in [6.07, 6.45) is 0. The Hall–Kier alpha value is -5.92. The summed E-state index contributed by atoms with van der Waals surface area (Å²) in [4.78, 5) is 37.7. The van der Waals surface area contributed by atoms with Gasteiger partial charge in [0.2, 0.25) is 17.2 Å². The summed E-state index contributed by atoms with van der Waals surface area (Å²) in [5.74, 6) is -1.29. The van der Waals surface area contributed by atoms with Gasteiger partial charge in [-0.3, -0.25) is 18.7 Å². The van der Waals surface area contributed by atoms with E-state index < -0.39 is 35.8 Å². The number of hydrogen-bond acceptors (Lipinski definition) is 13.